The predicted molar refractivity (Wildman–Crippen MR) is 173 cm³/mol. The number of H-pyrrole nitrogens is 1. The standard InChI is InChI=1S/C32H39N7O6S/c1-32(2,3)45-31(43)38-14-7-13-37(16-17-38)29(41)23-12-11-22(46-23)27-25-26(34-35-27)20-9-5-10-21(24(20)28(25)40)33-30(42)36-39-15-6-8-19(39)18-44-4/h5,9-12,19H,6-8,13-18H2,1-4H3,(H,34,35)(H2,33,36,42)/t19-/m1/s1. The maximum atomic E-state index is 13.9. The van der Waals surface area contributed by atoms with Crippen molar-refractivity contribution in [3.05, 3.63) is 46.3 Å². The van der Waals surface area contributed by atoms with E-state index in [0.29, 0.717) is 82.7 Å². The summed E-state index contributed by atoms with van der Waals surface area (Å²) < 4.78 is 10.8. The van der Waals surface area contributed by atoms with E-state index in [-0.39, 0.29) is 23.8 Å². The largest absolute Gasteiger partial charge is 0.444 e. The average Bonchev–Trinajstić information content (AvgIpc) is 3.77. The first-order chi connectivity index (χ1) is 22.0. The second-order valence-corrected chi connectivity index (χ2v) is 13.8. The quantitative estimate of drug-likeness (QED) is 0.275. The van der Waals surface area contributed by atoms with Gasteiger partial charge in [-0.2, -0.15) is 5.10 Å². The Bertz CT molecular complexity index is 1660. The highest BCUT2D eigenvalue weighted by atomic mass is 32.1. The van der Waals surface area contributed by atoms with Crippen LogP contribution in [0.2, 0.25) is 0 Å². The normalized spacial score (nSPS) is 18.3. The van der Waals surface area contributed by atoms with Gasteiger partial charge in [-0.25, -0.2) is 14.6 Å². The first-order valence-corrected chi connectivity index (χ1v) is 16.3. The Hall–Kier alpha value is -4.27. The Kier molecular flexibility index (Phi) is 8.86. The number of amides is 4. The number of urea groups is 1. The number of hydrogen-bond acceptors (Lipinski definition) is 9. The highest BCUT2D eigenvalue weighted by Crippen LogP contribution is 2.44. The lowest BCUT2D eigenvalue weighted by molar-refractivity contribution is 0.0255. The monoisotopic (exact) mass is 649 g/mol. The van der Waals surface area contributed by atoms with E-state index < -0.39 is 11.6 Å². The van der Waals surface area contributed by atoms with Crippen LogP contribution in [-0.4, -0.2) is 107 Å². The number of carbonyl (C=O) groups excluding carboxylic acids is 4. The van der Waals surface area contributed by atoms with Crippen LogP contribution in [0.4, 0.5) is 15.3 Å². The average molecular weight is 650 g/mol. The van der Waals surface area contributed by atoms with Crippen LogP contribution >= 0.6 is 11.3 Å². The number of ether oxygens (including phenoxy) is 2. The molecule has 1 aromatic carbocycles. The number of nitrogens with one attached hydrogen (secondary N) is 3. The summed E-state index contributed by atoms with van der Waals surface area (Å²) >= 11 is 1.27. The molecule has 0 saturated carbocycles. The molecule has 0 unspecified atom stereocenters. The van der Waals surface area contributed by atoms with Crippen molar-refractivity contribution in [2.45, 2.75) is 51.7 Å². The van der Waals surface area contributed by atoms with E-state index in [1.54, 1.807) is 41.2 Å². The third-order valence-corrected chi connectivity index (χ3v) is 9.35. The molecule has 6 rings (SSSR count). The molecular formula is C32H39N7O6S. The second kappa shape index (κ2) is 12.9. The molecule has 46 heavy (non-hydrogen) atoms. The summed E-state index contributed by atoms with van der Waals surface area (Å²) in [5.41, 5.74) is 5.21. The van der Waals surface area contributed by atoms with E-state index in [0.717, 1.165) is 19.4 Å². The van der Waals surface area contributed by atoms with Gasteiger partial charge in [-0.3, -0.25) is 20.1 Å². The molecule has 4 amide bonds. The number of methoxy groups -OCH3 is 1. The molecule has 3 aliphatic rings. The summed E-state index contributed by atoms with van der Waals surface area (Å²) in [4.78, 5) is 57.5. The van der Waals surface area contributed by atoms with Gasteiger partial charge in [0.1, 0.15) is 11.3 Å². The summed E-state index contributed by atoms with van der Waals surface area (Å²) in [6.45, 7) is 8.55. The molecule has 14 heteroatoms. The fraction of sp³-hybridized carbons (Fsp3) is 0.469. The van der Waals surface area contributed by atoms with E-state index in [1.165, 1.54) is 11.3 Å². The van der Waals surface area contributed by atoms with Crippen molar-refractivity contribution in [2.75, 3.05) is 51.8 Å². The van der Waals surface area contributed by atoms with E-state index in [4.69, 9.17) is 9.47 Å². The topological polar surface area (TPSA) is 149 Å². The maximum absolute atomic E-state index is 13.9. The highest BCUT2D eigenvalue weighted by molar-refractivity contribution is 7.17. The van der Waals surface area contributed by atoms with Crippen LogP contribution in [0, 0.1) is 0 Å². The van der Waals surface area contributed by atoms with E-state index in [2.05, 4.69) is 20.9 Å². The smallest absolute Gasteiger partial charge is 0.410 e. The van der Waals surface area contributed by atoms with Crippen LogP contribution in [0.15, 0.2) is 30.3 Å². The van der Waals surface area contributed by atoms with Crippen LogP contribution in [-0.2, 0) is 9.47 Å². The number of nitrogens with zero attached hydrogens (tertiary/aromatic N) is 4. The molecule has 2 aromatic heterocycles. The lowest BCUT2D eigenvalue weighted by Gasteiger charge is -2.26. The zero-order valence-corrected chi connectivity index (χ0v) is 27.3. The third kappa shape index (κ3) is 6.37. The Morgan fingerprint density at radius 2 is 1.80 bits per heavy atom. The van der Waals surface area contributed by atoms with Crippen molar-refractivity contribution >= 4 is 40.8 Å². The fourth-order valence-electron chi connectivity index (χ4n) is 6.17. The molecule has 3 aromatic rings. The number of benzene rings is 1. The lowest BCUT2D eigenvalue weighted by atomic mass is 10.1. The van der Waals surface area contributed by atoms with Crippen molar-refractivity contribution < 1.29 is 28.7 Å². The molecule has 13 nitrogen and oxygen atoms in total. The molecule has 2 aliphatic heterocycles. The second-order valence-electron chi connectivity index (χ2n) is 12.7. The van der Waals surface area contributed by atoms with Gasteiger partial charge < -0.3 is 24.6 Å². The molecule has 1 aliphatic carbocycles. The molecule has 1 atom stereocenters. The van der Waals surface area contributed by atoms with Crippen LogP contribution in [0.3, 0.4) is 0 Å². The molecule has 2 fully saturated rings. The van der Waals surface area contributed by atoms with Crippen molar-refractivity contribution in [3.8, 4) is 21.8 Å². The van der Waals surface area contributed by atoms with Gasteiger partial charge in [-0.05, 0) is 58.2 Å². The Morgan fingerprint density at radius 1 is 1.02 bits per heavy atom. The van der Waals surface area contributed by atoms with Crippen molar-refractivity contribution in [1.29, 1.82) is 0 Å². The van der Waals surface area contributed by atoms with E-state index in [1.807, 2.05) is 31.8 Å². The van der Waals surface area contributed by atoms with Gasteiger partial charge in [0, 0.05) is 45.4 Å². The number of fused-ring (bicyclic) bond motifs is 3. The number of carbonyl (C=O) groups is 4. The summed E-state index contributed by atoms with van der Waals surface area (Å²) in [7, 11) is 1.64. The number of thiophene rings is 1. The number of aromatic nitrogens is 2. The van der Waals surface area contributed by atoms with Crippen molar-refractivity contribution in [1.82, 2.24) is 30.4 Å². The van der Waals surface area contributed by atoms with Gasteiger partial charge in [0.05, 0.1) is 44.9 Å². The molecule has 3 N–H and O–H groups in total. The summed E-state index contributed by atoms with van der Waals surface area (Å²) in [6, 6.07) is 8.53. The van der Waals surface area contributed by atoms with E-state index in [9.17, 15) is 19.2 Å². The number of anilines is 1. The summed E-state index contributed by atoms with van der Waals surface area (Å²) in [5.74, 6) is -0.383. The predicted octanol–water partition coefficient (Wildman–Crippen LogP) is 4.58. The highest BCUT2D eigenvalue weighted by Gasteiger charge is 2.36. The molecule has 0 bridgehead atoms. The summed E-state index contributed by atoms with van der Waals surface area (Å²) in [5, 5.41) is 12.2. The molecule has 4 heterocycles. The van der Waals surface area contributed by atoms with Gasteiger partial charge in [0.15, 0.2) is 5.78 Å². The van der Waals surface area contributed by atoms with Crippen molar-refractivity contribution in [3.63, 3.8) is 0 Å². The van der Waals surface area contributed by atoms with Gasteiger partial charge in [-0.15, -0.1) is 11.3 Å². The number of hydrogen-bond donors (Lipinski definition) is 3. The number of ketones is 1. The minimum absolute atomic E-state index is 0.0983. The zero-order valence-electron chi connectivity index (χ0n) is 26.5. The van der Waals surface area contributed by atoms with Gasteiger partial charge in [0.2, 0.25) is 0 Å². The number of aromatic amines is 1. The third-order valence-electron chi connectivity index (χ3n) is 8.27. The lowest BCUT2D eigenvalue weighted by Crippen LogP contribution is -2.48. The molecule has 0 spiro atoms. The van der Waals surface area contributed by atoms with Gasteiger partial charge >= 0.3 is 12.1 Å². The Labute approximate surface area is 271 Å². The molecule has 2 saturated heterocycles. The van der Waals surface area contributed by atoms with E-state index >= 15 is 0 Å². The van der Waals surface area contributed by atoms with Crippen LogP contribution in [0.1, 0.15) is 65.6 Å². The minimum atomic E-state index is -0.588. The van der Waals surface area contributed by atoms with Crippen LogP contribution < -0.4 is 10.7 Å². The summed E-state index contributed by atoms with van der Waals surface area (Å²) in [6.07, 6.45) is 2.15. The molecule has 244 valence electrons. The first kappa shape index (κ1) is 31.7. The molecular weight excluding hydrogens is 610 g/mol. The SMILES string of the molecule is COC[C@H]1CCCN1NC(=O)Nc1cccc2c1C(=O)c1c(-c3ccc(C(=O)N4CCCN(C(=O)OC(C)(C)C)CC4)s3)n[nH]c1-2. The first-order valence-electron chi connectivity index (χ1n) is 15.5. The van der Waals surface area contributed by atoms with Crippen LogP contribution in [0.25, 0.3) is 21.8 Å². The number of rotatable bonds is 6. The van der Waals surface area contributed by atoms with Gasteiger partial charge in [-0.1, -0.05) is 12.1 Å². The zero-order chi connectivity index (χ0) is 32.6. The molecule has 0 radical (unpaired) electrons. The Morgan fingerprint density at radius 3 is 2.59 bits per heavy atom. The maximum Gasteiger partial charge on any atom is 0.410 e. The minimum Gasteiger partial charge on any atom is -0.444 e. The number of hydrazine groups is 1. The van der Waals surface area contributed by atoms with Crippen LogP contribution in [0.5, 0.6) is 0 Å². The van der Waals surface area contributed by atoms with Gasteiger partial charge in [0.25, 0.3) is 5.91 Å². The fourth-order valence-corrected chi connectivity index (χ4v) is 7.14. The van der Waals surface area contributed by atoms with Crippen molar-refractivity contribution in [2.24, 2.45) is 0 Å². The Balaban J connectivity index is 1.15.